The Bertz CT molecular complexity index is 527. The summed E-state index contributed by atoms with van der Waals surface area (Å²) in [7, 11) is 0. The van der Waals surface area contributed by atoms with Crippen LogP contribution in [0, 0.1) is 5.92 Å². The third-order valence-corrected chi connectivity index (χ3v) is 3.76. The van der Waals surface area contributed by atoms with Gasteiger partial charge in [-0.15, -0.1) is 0 Å². The second-order valence-electron chi connectivity index (χ2n) is 5.63. The van der Waals surface area contributed by atoms with Crippen LogP contribution in [0.1, 0.15) is 36.2 Å². The number of benzene rings is 1. The molecule has 1 aliphatic heterocycles. The summed E-state index contributed by atoms with van der Waals surface area (Å²) in [6.45, 7) is 3.96. The number of hydrogen-bond acceptors (Lipinski definition) is 4. The first kappa shape index (κ1) is 15.5. The van der Waals surface area contributed by atoms with E-state index in [1.165, 1.54) is 0 Å². The largest absolute Gasteiger partial charge is 0.448 e. The molecule has 0 fully saturated rings. The molecule has 1 amide bonds. The summed E-state index contributed by atoms with van der Waals surface area (Å²) >= 11 is 0. The Morgan fingerprint density at radius 2 is 2.14 bits per heavy atom. The van der Waals surface area contributed by atoms with Crippen molar-refractivity contribution in [3.63, 3.8) is 0 Å². The van der Waals surface area contributed by atoms with Crippen LogP contribution in [0.25, 0.3) is 0 Å². The number of aliphatic hydroxyl groups excluding tert-OH is 1. The zero-order chi connectivity index (χ0) is 15.4. The van der Waals surface area contributed by atoms with Gasteiger partial charge in [-0.2, -0.15) is 0 Å². The number of ether oxygens (including phenoxy) is 1. The van der Waals surface area contributed by atoms with Crippen molar-refractivity contribution in [3.8, 4) is 0 Å². The Labute approximate surface area is 124 Å². The van der Waals surface area contributed by atoms with Crippen molar-refractivity contribution in [1.29, 1.82) is 0 Å². The van der Waals surface area contributed by atoms with Crippen molar-refractivity contribution in [2.75, 3.05) is 6.61 Å². The number of carbonyl (C=O) groups excluding carboxylic acids is 2. The lowest BCUT2D eigenvalue weighted by Crippen LogP contribution is -2.47. The van der Waals surface area contributed by atoms with Crippen LogP contribution in [0.3, 0.4) is 0 Å². The zero-order valence-corrected chi connectivity index (χ0v) is 12.3. The first-order valence-corrected chi connectivity index (χ1v) is 7.23. The summed E-state index contributed by atoms with van der Waals surface area (Å²) in [5.41, 5.74) is 1.36. The molecule has 0 saturated heterocycles. The maximum Gasteiger partial charge on any atom is 0.339 e. The fourth-order valence-electron chi connectivity index (χ4n) is 2.46. The summed E-state index contributed by atoms with van der Waals surface area (Å²) in [4.78, 5) is 24.2. The summed E-state index contributed by atoms with van der Waals surface area (Å²) in [6, 6.07) is 7.03. The van der Waals surface area contributed by atoms with Gasteiger partial charge in [-0.1, -0.05) is 32.0 Å². The van der Waals surface area contributed by atoms with Gasteiger partial charge < -0.3 is 15.2 Å². The highest BCUT2D eigenvalue weighted by Gasteiger charge is 2.32. The molecule has 0 spiro atoms. The summed E-state index contributed by atoms with van der Waals surface area (Å²) in [6.07, 6.45) is 0.0746. The number of amides is 1. The zero-order valence-electron chi connectivity index (χ0n) is 12.3. The second kappa shape index (κ2) is 6.72. The molecule has 1 aliphatic rings. The molecule has 0 aliphatic carbocycles. The van der Waals surface area contributed by atoms with Crippen LogP contribution in [0.2, 0.25) is 0 Å². The van der Waals surface area contributed by atoms with Crippen molar-refractivity contribution in [2.45, 2.75) is 38.8 Å². The van der Waals surface area contributed by atoms with Gasteiger partial charge >= 0.3 is 5.97 Å². The lowest BCUT2D eigenvalue weighted by atomic mass is 9.97. The van der Waals surface area contributed by atoms with Crippen LogP contribution in [0.15, 0.2) is 24.3 Å². The normalized spacial score (nSPS) is 18.9. The molecule has 5 nitrogen and oxygen atoms in total. The number of fused-ring (bicyclic) bond motifs is 1. The van der Waals surface area contributed by atoms with Crippen LogP contribution in [0.4, 0.5) is 0 Å². The molecular formula is C16H21NO4. The number of cyclic esters (lactones) is 1. The van der Waals surface area contributed by atoms with Gasteiger partial charge in [0.15, 0.2) is 6.10 Å². The maximum atomic E-state index is 12.3. The molecular weight excluding hydrogens is 270 g/mol. The molecule has 1 heterocycles. The molecule has 0 aromatic heterocycles. The highest BCUT2D eigenvalue weighted by atomic mass is 16.5. The molecule has 5 heteroatoms. The van der Waals surface area contributed by atoms with Gasteiger partial charge in [-0.3, -0.25) is 4.79 Å². The van der Waals surface area contributed by atoms with Crippen LogP contribution >= 0.6 is 0 Å². The van der Waals surface area contributed by atoms with Gasteiger partial charge in [0.1, 0.15) is 0 Å². The monoisotopic (exact) mass is 291 g/mol. The van der Waals surface area contributed by atoms with Crippen molar-refractivity contribution in [1.82, 2.24) is 5.32 Å². The van der Waals surface area contributed by atoms with Gasteiger partial charge in [0, 0.05) is 19.1 Å². The first-order valence-electron chi connectivity index (χ1n) is 7.23. The van der Waals surface area contributed by atoms with E-state index in [0.717, 1.165) is 5.56 Å². The Kier molecular flexibility index (Phi) is 4.96. The predicted octanol–water partition coefficient (Wildman–Crippen LogP) is 1.29. The molecule has 0 radical (unpaired) electrons. The highest BCUT2D eigenvalue weighted by Crippen LogP contribution is 2.21. The Balaban J connectivity index is 2.06. The molecule has 114 valence electrons. The van der Waals surface area contributed by atoms with Crippen molar-refractivity contribution in [2.24, 2.45) is 5.92 Å². The third kappa shape index (κ3) is 3.61. The minimum atomic E-state index is -0.799. The van der Waals surface area contributed by atoms with Crippen LogP contribution in [-0.2, 0) is 16.0 Å². The lowest BCUT2D eigenvalue weighted by molar-refractivity contribution is -0.131. The average Bonchev–Trinajstić information content (AvgIpc) is 2.46. The van der Waals surface area contributed by atoms with Crippen LogP contribution in [0.5, 0.6) is 0 Å². The number of rotatable bonds is 5. The molecule has 0 bridgehead atoms. The van der Waals surface area contributed by atoms with E-state index in [4.69, 9.17) is 9.84 Å². The maximum absolute atomic E-state index is 12.3. The van der Waals surface area contributed by atoms with Gasteiger partial charge in [0.25, 0.3) is 5.91 Å². The molecule has 1 aromatic carbocycles. The summed E-state index contributed by atoms with van der Waals surface area (Å²) < 4.78 is 5.22. The van der Waals surface area contributed by atoms with E-state index in [-0.39, 0.29) is 24.5 Å². The Morgan fingerprint density at radius 3 is 2.81 bits per heavy atom. The van der Waals surface area contributed by atoms with E-state index < -0.39 is 12.1 Å². The minimum Gasteiger partial charge on any atom is -0.448 e. The van der Waals surface area contributed by atoms with Gasteiger partial charge in [-0.05, 0) is 24.0 Å². The molecule has 2 atom stereocenters. The van der Waals surface area contributed by atoms with Crippen LogP contribution in [-0.4, -0.2) is 35.7 Å². The Hall–Kier alpha value is -1.88. The number of carbonyl (C=O) groups is 2. The molecule has 2 N–H and O–H groups in total. The van der Waals surface area contributed by atoms with Crippen molar-refractivity contribution >= 4 is 11.9 Å². The topological polar surface area (TPSA) is 75.6 Å². The van der Waals surface area contributed by atoms with E-state index >= 15 is 0 Å². The van der Waals surface area contributed by atoms with Gasteiger partial charge in [-0.25, -0.2) is 4.79 Å². The molecule has 0 unspecified atom stereocenters. The number of hydrogen-bond donors (Lipinski definition) is 2. The van der Waals surface area contributed by atoms with Gasteiger partial charge in [0.05, 0.1) is 5.56 Å². The fourth-order valence-corrected chi connectivity index (χ4v) is 2.46. The molecule has 1 aromatic rings. The van der Waals surface area contributed by atoms with Gasteiger partial charge in [0.2, 0.25) is 0 Å². The van der Waals surface area contributed by atoms with E-state index in [2.05, 4.69) is 5.32 Å². The highest BCUT2D eigenvalue weighted by molar-refractivity contribution is 5.95. The average molecular weight is 291 g/mol. The smallest absolute Gasteiger partial charge is 0.339 e. The molecule has 21 heavy (non-hydrogen) atoms. The number of esters is 1. The molecule has 2 rings (SSSR count). The minimum absolute atomic E-state index is 0.0103. The summed E-state index contributed by atoms with van der Waals surface area (Å²) in [5, 5.41) is 11.9. The SMILES string of the molecule is CC(C)[C@H](CCO)NC(=O)[C@@H]1Cc2ccccc2C(=O)O1. The summed E-state index contributed by atoms with van der Waals surface area (Å²) in [5.74, 6) is -0.557. The van der Waals surface area contributed by atoms with E-state index in [1.807, 2.05) is 26.0 Å². The molecule has 0 saturated carbocycles. The predicted molar refractivity (Wildman–Crippen MR) is 77.8 cm³/mol. The van der Waals surface area contributed by atoms with Crippen LogP contribution < -0.4 is 5.32 Å². The lowest BCUT2D eigenvalue weighted by Gasteiger charge is -2.27. The van der Waals surface area contributed by atoms with E-state index in [0.29, 0.717) is 18.4 Å². The van der Waals surface area contributed by atoms with E-state index in [1.54, 1.807) is 12.1 Å². The second-order valence-corrected chi connectivity index (χ2v) is 5.63. The third-order valence-electron chi connectivity index (χ3n) is 3.76. The van der Waals surface area contributed by atoms with Crippen molar-refractivity contribution in [3.05, 3.63) is 35.4 Å². The van der Waals surface area contributed by atoms with Crippen molar-refractivity contribution < 1.29 is 19.4 Å². The standard InChI is InChI=1S/C16H21NO4/c1-10(2)13(7-8-18)17-15(19)14-9-11-5-3-4-6-12(11)16(20)21-14/h3-6,10,13-14,18H,7-9H2,1-2H3,(H,17,19)/t13-,14-/m0/s1. The fraction of sp³-hybridized carbons (Fsp3) is 0.500. The number of nitrogens with one attached hydrogen (secondary N) is 1. The first-order chi connectivity index (χ1) is 10.0. The quantitative estimate of drug-likeness (QED) is 0.802. The van der Waals surface area contributed by atoms with E-state index in [9.17, 15) is 9.59 Å². The Morgan fingerprint density at radius 1 is 1.43 bits per heavy atom. The number of aliphatic hydroxyl groups is 1.